The van der Waals surface area contributed by atoms with Gasteiger partial charge in [0.15, 0.2) is 0 Å². The molecule has 162 valence electrons. The predicted octanol–water partition coefficient (Wildman–Crippen LogP) is 3.83. The highest BCUT2D eigenvalue weighted by Gasteiger charge is 2.16. The first kappa shape index (κ1) is 21.1. The maximum Gasteiger partial charge on any atom is 0.217 e. The molecule has 0 bridgehead atoms. The molecule has 0 spiro atoms. The topological polar surface area (TPSA) is 71.9 Å². The zero-order chi connectivity index (χ0) is 21.5. The van der Waals surface area contributed by atoms with Crippen LogP contribution in [0.15, 0.2) is 54.7 Å². The van der Waals surface area contributed by atoms with Crippen molar-refractivity contribution in [1.29, 1.82) is 0 Å². The quantitative estimate of drug-likeness (QED) is 0.546. The monoisotopic (exact) mass is 422 g/mol. The van der Waals surface area contributed by atoms with Crippen LogP contribution in [0.2, 0.25) is 0 Å². The van der Waals surface area contributed by atoms with Gasteiger partial charge in [-0.05, 0) is 42.8 Å². The highest BCUT2D eigenvalue weighted by molar-refractivity contribution is 5.66. The van der Waals surface area contributed by atoms with Crippen LogP contribution >= 0.6 is 0 Å². The van der Waals surface area contributed by atoms with Crippen molar-refractivity contribution in [2.75, 3.05) is 33.5 Å². The largest absolute Gasteiger partial charge is 0.491 e. The van der Waals surface area contributed by atoms with Gasteiger partial charge in [-0.2, -0.15) is 0 Å². The van der Waals surface area contributed by atoms with Gasteiger partial charge >= 0.3 is 0 Å². The van der Waals surface area contributed by atoms with Gasteiger partial charge in [-0.15, -0.1) is 0 Å². The van der Waals surface area contributed by atoms with Gasteiger partial charge in [0.25, 0.3) is 0 Å². The van der Waals surface area contributed by atoms with Crippen LogP contribution in [0.3, 0.4) is 0 Å². The van der Waals surface area contributed by atoms with Crippen molar-refractivity contribution in [2.24, 2.45) is 0 Å². The molecule has 2 aromatic heterocycles. The average molecular weight is 422 g/mol. The van der Waals surface area contributed by atoms with Gasteiger partial charge in [-0.1, -0.05) is 6.07 Å². The molecule has 1 aliphatic rings. The second-order valence-electron chi connectivity index (χ2n) is 7.20. The highest BCUT2D eigenvalue weighted by Crippen LogP contribution is 2.31. The molecule has 3 heterocycles. The van der Waals surface area contributed by atoms with E-state index in [0.29, 0.717) is 44.7 Å². The van der Waals surface area contributed by atoms with E-state index in [0.717, 1.165) is 28.3 Å². The molecular formula is C24H26N2O5. The molecule has 1 aliphatic heterocycles. The second kappa shape index (κ2) is 10.2. The lowest BCUT2D eigenvalue weighted by molar-refractivity contribution is -0.101. The van der Waals surface area contributed by atoms with E-state index in [1.807, 2.05) is 49.4 Å². The first-order valence-electron chi connectivity index (χ1n) is 10.2. The molecule has 0 aliphatic carbocycles. The summed E-state index contributed by atoms with van der Waals surface area (Å²) >= 11 is 0. The van der Waals surface area contributed by atoms with E-state index in [1.165, 1.54) is 0 Å². The molecule has 1 fully saturated rings. The van der Waals surface area contributed by atoms with Gasteiger partial charge < -0.3 is 23.7 Å². The molecule has 0 N–H and O–H groups in total. The zero-order valence-electron chi connectivity index (χ0n) is 17.7. The standard InChI is InChI=1S/C24H26N2O5/c1-17-11-19(30-14-18-5-3-4-8-25-18)6-7-22(17)23-12-20(13-24(26-23)27-2)31-16-21-15-28-9-10-29-21/h3-8,11-13,21H,9-10,14-16H2,1-2H3. The van der Waals surface area contributed by atoms with Crippen molar-refractivity contribution >= 4 is 0 Å². The number of benzene rings is 1. The van der Waals surface area contributed by atoms with Gasteiger partial charge in [0.05, 0.1) is 38.3 Å². The Bertz CT molecular complexity index is 991. The van der Waals surface area contributed by atoms with Gasteiger partial charge in [-0.3, -0.25) is 4.98 Å². The summed E-state index contributed by atoms with van der Waals surface area (Å²) in [5, 5.41) is 0. The van der Waals surface area contributed by atoms with Crippen molar-refractivity contribution in [1.82, 2.24) is 9.97 Å². The van der Waals surface area contributed by atoms with E-state index in [1.54, 1.807) is 19.4 Å². The van der Waals surface area contributed by atoms with Crippen LogP contribution in [0, 0.1) is 6.92 Å². The van der Waals surface area contributed by atoms with Crippen molar-refractivity contribution in [3.05, 3.63) is 66.0 Å². The number of ether oxygens (including phenoxy) is 5. The summed E-state index contributed by atoms with van der Waals surface area (Å²) in [4.78, 5) is 8.87. The van der Waals surface area contributed by atoms with E-state index in [-0.39, 0.29) is 6.10 Å². The molecule has 7 nitrogen and oxygen atoms in total. The molecule has 1 unspecified atom stereocenters. The smallest absolute Gasteiger partial charge is 0.217 e. The number of hydrogen-bond donors (Lipinski definition) is 0. The second-order valence-corrected chi connectivity index (χ2v) is 7.20. The third-order valence-electron chi connectivity index (χ3n) is 4.89. The summed E-state index contributed by atoms with van der Waals surface area (Å²) in [5.41, 5.74) is 3.66. The lowest BCUT2D eigenvalue weighted by atomic mass is 10.0. The third-order valence-corrected chi connectivity index (χ3v) is 4.89. The molecule has 31 heavy (non-hydrogen) atoms. The fraction of sp³-hybridized carbons (Fsp3) is 0.333. The normalized spacial score (nSPS) is 16.0. The average Bonchev–Trinajstić information content (AvgIpc) is 2.82. The summed E-state index contributed by atoms with van der Waals surface area (Å²) in [6.45, 7) is 4.61. The van der Waals surface area contributed by atoms with E-state index < -0.39 is 0 Å². The number of hydrogen-bond acceptors (Lipinski definition) is 7. The number of pyridine rings is 2. The van der Waals surface area contributed by atoms with Gasteiger partial charge in [-0.25, -0.2) is 4.98 Å². The van der Waals surface area contributed by atoms with E-state index in [4.69, 9.17) is 23.7 Å². The Morgan fingerprint density at radius 3 is 2.71 bits per heavy atom. The van der Waals surface area contributed by atoms with Gasteiger partial charge in [0, 0.05) is 23.9 Å². The molecule has 7 heteroatoms. The summed E-state index contributed by atoms with van der Waals surface area (Å²) in [5.74, 6) is 1.94. The highest BCUT2D eigenvalue weighted by atomic mass is 16.6. The van der Waals surface area contributed by atoms with Crippen molar-refractivity contribution in [2.45, 2.75) is 19.6 Å². The number of aromatic nitrogens is 2. The molecule has 0 saturated carbocycles. The minimum absolute atomic E-state index is 0.0753. The lowest BCUT2D eigenvalue weighted by Crippen LogP contribution is -2.33. The summed E-state index contributed by atoms with van der Waals surface area (Å²) in [6, 6.07) is 15.4. The third kappa shape index (κ3) is 5.71. The lowest BCUT2D eigenvalue weighted by Gasteiger charge is -2.23. The van der Waals surface area contributed by atoms with E-state index in [9.17, 15) is 0 Å². The van der Waals surface area contributed by atoms with Crippen LogP contribution in [0.4, 0.5) is 0 Å². The van der Waals surface area contributed by atoms with E-state index >= 15 is 0 Å². The Hall–Kier alpha value is -3.16. The van der Waals surface area contributed by atoms with Crippen LogP contribution in [-0.2, 0) is 16.1 Å². The van der Waals surface area contributed by atoms with Gasteiger partial charge in [0.1, 0.15) is 30.8 Å². The summed E-state index contributed by atoms with van der Waals surface area (Å²) < 4.78 is 28.3. The summed E-state index contributed by atoms with van der Waals surface area (Å²) in [6.07, 6.45) is 1.68. The Kier molecular flexibility index (Phi) is 6.96. The molecule has 1 saturated heterocycles. The molecule has 0 radical (unpaired) electrons. The minimum atomic E-state index is -0.0753. The van der Waals surface area contributed by atoms with Gasteiger partial charge in [0.2, 0.25) is 5.88 Å². The van der Waals surface area contributed by atoms with Crippen LogP contribution in [-0.4, -0.2) is 49.6 Å². The zero-order valence-corrected chi connectivity index (χ0v) is 17.7. The maximum absolute atomic E-state index is 5.94. The Morgan fingerprint density at radius 2 is 1.97 bits per heavy atom. The molecule has 0 amide bonds. The van der Waals surface area contributed by atoms with Crippen LogP contribution in [0.25, 0.3) is 11.3 Å². The van der Waals surface area contributed by atoms with Crippen molar-refractivity contribution < 1.29 is 23.7 Å². The first-order chi connectivity index (χ1) is 15.2. The Morgan fingerprint density at radius 1 is 1.03 bits per heavy atom. The fourth-order valence-corrected chi connectivity index (χ4v) is 3.28. The van der Waals surface area contributed by atoms with E-state index in [2.05, 4.69) is 9.97 Å². The van der Waals surface area contributed by atoms with Crippen LogP contribution < -0.4 is 14.2 Å². The summed E-state index contributed by atoms with van der Waals surface area (Å²) in [7, 11) is 1.59. The number of rotatable bonds is 8. The molecular weight excluding hydrogens is 396 g/mol. The number of nitrogens with zero attached hydrogens (tertiary/aromatic N) is 2. The molecule has 1 aromatic carbocycles. The SMILES string of the molecule is COc1cc(OCC2COCCO2)cc(-c2ccc(OCc3ccccn3)cc2C)n1. The number of methoxy groups -OCH3 is 1. The van der Waals surface area contributed by atoms with Crippen molar-refractivity contribution in [3.8, 4) is 28.6 Å². The molecule has 1 atom stereocenters. The van der Waals surface area contributed by atoms with Crippen LogP contribution in [0.5, 0.6) is 17.4 Å². The number of aryl methyl sites for hydroxylation is 1. The molecule has 4 rings (SSSR count). The fourth-order valence-electron chi connectivity index (χ4n) is 3.28. The first-order valence-corrected chi connectivity index (χ1v) is 10.2. The Labute approximate surface area is 181 Å². The Balaban J connectivity index is 1.48. The minimum Gasteiger partial charge on any atom is -0.491 e. The molecule has 3 aromatic rings. The van der Waals surface area contributed by atoms with Crippen molar-refractivity contribution in [3.63, 3.8) is 0 Å². The van der Waals surface area contributed by atoms with Crippen LogP contribution in [0.1, 0.15) is 11.3 Å². The predicted molar refractivity (Wildman–Crippen MR) is 116 cm³/mol. The maximum atomic E-state index is 5.94.